The second-order valence-corrected chi connectivity index (χ2v) is 7.21. The van der Waals surface area contributed by atoms with Crippen LogP contribution >= 0.6 is 0 Å². The molecule has 1 atom stereocenters. The highest BCUT2D eigenvalue weighted by Crippen LogP contribution is 2.42. The van der Waals surface area contributed by atoms with Crippen LogP contribution in [0.3, 0.4) is 0 Å². The van der Waals surface area contributed by atoms with Crippen molar-refractivity contribution in [3.63, 3.8) is 0 Å². The van der Waals surface area contributed by atoms with Crippen molar-refractivity contribution >= 4 is 5.91 Å². The van der Waals surface area contributed by atoms with Crippen molar-refractivity contribution in [3.8, 4) is 0 Å². The summed E-state index contributed by atoms with van der Waals surface area (Å²) in [5.74, 6) is 0.445. The van der Waals surface area contributed by atoms with E-state index in [1.807, 2.05) is 0 Å². The average Bonchev–Trinajstić information content (AvgIpc) is 2.63. The van der Waals surface area contributed by atoms with Crippen molar-refractivity contribution in [2.75, 3.05) is 13.1 Å². The zero-order valence-electron chi connectivity index (χ0n) is 12.5. The maximum Gasteiger partial charge on any atom is 0.223 e. The van der Waals surface area contributed by atoms with E-state index in [9.17, 15) is 4.79 Å². The van der Waals surface area contributed by atoms with Crippen molar-refractivity contribution in [1.29, 1.82) is 0 Å². The topological polar surface area (TPSA) is 55.1 Å². The lowest BCUT2D eigenvalue weighted by molar-refractivity contribution is -0.128. The van der Waals surface area contributed by atoms with Gasteiger partial charge in [0.2, 0.25) is 5.91 Å². The van der Waals surface area contributed by atoms with E-state index in [0.29, 0.717) is 0 Å². The molecular weight excluding hydrogens is 224 g/mol. The van der Waals surface area contributed by atoms with Gasteiger partial charge in [-0.3, -0.25) is 4.79 Å². The molecule has 1 amide bonds. The number of hydrogen-bond donors (Lipinski definition) is 2. The third-order valence-electron chi connectivity index (χ3n) is 4.37. The molecule has 1 saturated carbocycles. The Morgan fingerprint density at radius 3 is 2.61 bits per heavy atom. The molecule has 0 radical (unpaired) electrons. The number of hydrogen-bond acceptors (Lipinski definition) is 2. The van der Waals surface area contributed by atoms with E-state index in [-0.39, 0.29) is 22.7 Å². The fourth-order valence-corrected chi connectivity index (χ4v) is 2.93. The number of carbonyl (C=O) groups excluding carboxylic acids is 1. The lowest BCUT2D eigenvalue weighted by Crippen LogP contribution is -2.40. The van der Waals surface area contributed by atoms with Gasteiger partial charge in [0.05, 0.1) is 0 Å². The van der Waals surface area contributed by atoms with Crippen LogP contribution in [0, 0.1) is 16.7 Å². The molecule has 1 fully saturated rings. The molecular formula is C15H30N2O. The normalized spacial score (nSPS) is 23.1. The first kappa shape index (κ1) is 15.5. The SMILES string of the molecule is CC(C)(CCCN)CNC(=O)C1CCCC1(C)C. The van der Waals surface area contributed by atoms with Crippen LogP contribution in [0.1, 0.15) is 59.8 Å². The Bertz CT molecular complexity index is 284. The van der Waals surface area contributed by atoms with Crippen LogP contribution in [-0.2, 0) is 4.79 Å². The second kappa shape index (κ2) is 6.05. The molecule has 0 heterocycles. The van der Waals surface area contributed by atoms with E-state index in [1.165, 1.54) is 12.8 Å². The summed E-state index contributed by atoms with van der Waals surface area (Å²) < 4.78 is 0. The minimum atomic E-state index is 0.151. The molecule has 0 aromatic rings. The van der Waals surface area contributed by atoms with Crippen molar-refractivity contribution in [1.82, 2.24) is 5.32 Å². The van der Waals surface area contributed by atoms with E-state index in [2.05, 4.69) is 33.0 Å². The highest BCUT2D eigenvalue weighted by Gasteiger charge is 2.39. The largest absolute Gasteiger partial charge is 0.355 e. The van der Waals surface area contributed by atoms with E-state index in [4.69, 9.17) is 5.73 Å². The molecule has 1 rings (SSSR count). The van der Waals surface area contributed by atoms with E-state index in [0.717, 1.165) is 32.4 Å². The van der Waals surface area contributed by atoms with E-state index >= 15 is 0 Å². The molecule has 18 heavy (non-hydrogen) atoms. The zero-order chi connectivity index (χ0) is 13.8. The first-order valence-corrected chi connectivity index (χ1v) is 7.26. The molecule has 0 aromatic heterocycles. The predicted molar refractivity (Wildman–Crippen MR) is 76.2 cm³/mol. The Hall–Kier alpha value is -0.570. The standard InChI is InChI=1S/C15H30N2O/c1-14(2,8-6-10-16)11-17-13(18)12-7-5-9-15(12,3)4/h12H,5-11,16H2,1-4H3,(H,17,18). The van der Waals surface area contributed by atoms with Gasteiger partial charge in [-0.2, -0.15) is 0 Å². The fraction of sp³-hybridized carbons (Fsp3) is 0.933. The summed E-state index contributed by atoms with van der Waals surface area (Å²) >= 11 is 0. The monoisotopic (exact) mass is 254 g/mol. The summed E-state index contributed by atoms with van der Waals surface area (Å²) in [4.78, 5) is 12.2. The molecule has 0 aliphatic heterocycles. The van der Waals surface area contributed by atoms with Gasteiger partial charge in [-0.25, -0.2) is 0 Å². The summed E-state index contributed by atoms with van der Waals surface area (Å²) in [5, 5.41) is 3.15. The Kier molecular flexibility index (Phi) is 5.20. The molecule has 1 aliphatic rings. The van der Waals surface area contributed by atoms with Crippen molar-refractivity contribution in [2.24, 2.45) is 22.5 Å². The predicted octanol–water partition coefficient (Wildman–Crippen LogP) is 2.69. The summed E-state index contributed by atoms with van der Waals surface area (Å²) in [6.07, 6.45) is 5.49. The molecule has 0 saturated heterocycles. The van der Waals surface area contributed by atoms with Crippen molar-refractivity contribution in [3.05, 3.63) is 0 Å². The smallest absolute Gasteiger partial charge is 0.223 e. The van der Waals surface area contributed by atoms with Gasteiger partial charge in [-0.05, 0) is 43.1 Å². The Labute approximate surface area is 112 Å². The summed E-state index contributed by atoms with van der Waals surface area (Å²) in [6.45, 7) is 10.3. The van der Waals surface area contributed by atoms with Gasteiger partial charge in [-0.1, -0.05) is 34.1 Å². The number of rotatable bonds is 6. The zero-order valence-corrected chi connectivity index (χ0v) is 12.5. The van der Waals surface area contributed by atoms with Crippen molar-refractivity contribution < 1.29 is 4.79 Å². The summed E-state index contributed by atoms with van der Waals surface area (Å²) in [5.41, 5.74) is 5.86. The van der Waals surface area contributed by atoms with Crippen LogP contribution in [0.25, 0.3) is 0 Å². The first-order valence-electron chi connectivity index (χ1n) is 7.26. The fourth-order valence-electron chi connectivity index (χ4n) is 2.93. The van der Waals surface area contributed by atoms with Gasteiger partial charge in [-0.15, -0.1) is 0 Å². The highest BCUT2D eigenvalue weighted by molar-refractivity contribution is 5.79. The summed E-state index contributed by atoms with van der Waals surface area (Å²) in [6, 6.07) is 0. The number of carbonyl (C=O) groups is 1. The van der Waals surface area contributed by atoms with Gasteiger partial charge < -0.3 is 11.1 Å². The van der Waals surface area contributed by atoms with Gasteiger partial charge >= 0.3 is 0 Å². The second-order valence-electron chi connectivity index (χ2n) is 7.21. The van der Waals surface area contributed by atoms with Crippen molar-refractivity contribution in [2.45, 2.75) is 59.8 Å². The molecule has 3 heteroatoms. The number of nitrogens with one attached hydrogen (secondary N) is 1. The van der Waals surface area contributed by atoms with Gasteiger partial charge in [0, 0.05) is 12.5 Å². The maximum atomic E-state index is 12.2. The molecule has 0 spiro atoms. The number of amides is 1. The maximum absolute atomic E-state index is 12.2. The van der Waals surface area contributed by atoms with Gasteiger partial charge in [0.25, 0.3) is 0 Å². The molecule has 3 nitrogen and oxygen atoms in total. The average molecular weight is 254 g/mol. The Morgan fingerprint density at radius 1 is 1.44 bits per heavy atom. The van der Waals surface area contributed by atoms with Gasteiger partial charge in [0.15, 0.2) is 0 Å². The minimum Gasteiger partial charge on any atom is -0.355 e. The quantitative estimate of drug-likeness (QED) is 0.765. The highest BCUT2D eigenvalue weighted by atomic mass is 16.1. The third-order valence-corrected chi connectivity index (χ3v) is 4.37. The lowest BCUT2D eigenvalue weighted by atomic mass is 9.81. The lowest BCUT2D eigenvalue weighted by Gasteiger charge is -2.29. The molecule has 3 N–H and O–H groups in total. The van der Waals surface area contributed by atoms with Crippen LogP contribution in [0.2, 0.25) is 0 Å². The molecule has 106 valence electrons. The Morgan fingerprint density at radius 2 is 2.11 bits per heavy atom. The molecule has 1 aliphatic carbocycles. The Balaban J connectivity index is 2.41. The van der Waals surface area contributed by atoms with E-state index < -0.39 is 0 Å². The first-order chi connectivity index (χ1) is 8.28. The van der Waals surface area contributed by atoms with Gasteiger partial charge in [0.1, 0.15) is 0 Å². The van der Waals surface area contributed by atoms with Crippen LogP contribution in [0.5, 0.6) is 0 Å². The molecule has 1 unspecified atom stereocenters. The van der Waals surface area contributed by atoms with Crippen LogP contribution in [0.15, 0.2) is 0 Å². The third kappa shape index (κ3) is 4.27. The minimum absolute atomic E-state index is 0.151. The van der Waals surface area contributed by atoms with Crippen LogP contribution < -0.4 is 11.1 Å². The number of nitrogens with two attached hydrogens (primary N) is 1. The molecule has 0 bridgehead atoms. The summed E-state index contributed by atoms with van der Waals surface area (Å²) in [7, 11) is 0. The molecule has 0 aromatic carbocycles. The van der Waals surface area contributed by atoms with E-state index in [1.54, 1.807) is 0 Å². The van der Waals surface area contributed by atoms with Crippen LogP contribution in [-0.4, -0.2) is 19.0 Å². The van der Waals surface area contributed by atoms with Crippen LogP contribution in [0.4, 0.5) is 0 Å².